The number of nitrogens with zero attached hydrogens (tertiary/aromatic N) is 6. The first-order valence-electron chi connectivity index (χ1n) is 5.79. The van der Waals surface area contributed by atoms with Gasteiger partial charge in [0.1, 0.15) is 5.69 Å². The lowest BCUT2D eigenvalue weighted by atomic mass is 10.3. The van der Waals surface area contributed by atoms with Crippen LogP contribution in [0.25, 0.3) is 16.5 Å². The van der Waals surface area contributed by atoms with E-state index in [9.17, 15) is 0 Å². The normalized spacial score (nSPS) is 11.4. The number of aromatic nitrogens is 6. The Bertz CT molecular complexity index is 665. The van der Waals surface area contributed by atoms with E-state index in [4.69, 9.17) is 5.73 Å². The number of nitrogens with two attached hydrogens (primary N) is 1. The van der Waals surface area contributed by atoms with E-state index in [1.807, 2.05) is 16.9 Å². The molecule has 3 aromatic heterocycles. The molecule has 0 fully saturated rings. The van der Waals surface area contributed by atoms with Crippen LogP contribution in [0.4, 0.5) is 5.13 Å². The van der Waals surface area contributed by atoms with Crippen molar-refractivity contribution in [1.29, 1.82) is 0 Å². The van der Waals surface area contributed by atoms with Crippen LogP contribution in [0.15, 0.2) is 12.3 Å². The molecule has 94 valence electrons. The maximum Gasteiger partial charge on any atom is 0.236 e. The van der Waals surface area contributed by atoms with E-state index < -0.39 is 0 Å². The highest BCUT2D eigenvalue weighted by molar-refractivity contribution is 7.20. The molecule has 0 saturated heterocycles. The van der Waals surface area contributed by atoms with Crippen LogP contribution in [-0.4, -0.2) is 29.6 Å². The lowest BCUT2D eigenvalue weighted by molar-refractivity contribution is 0.572. The van der Waals surface area contributed by atoms with Crippen LogP contribution in [-0.2, 0) is 6.54 Å². The van der Waals surface area contributed by atoms with Crippen LogP contribution >= 0.6 is 11.3 Å². The lowest BCUT2D eigenvalue weighted by Gasteiger charge is -1.97. The molecule has 0 unspecified atom stereocenters. The van der Waals surface area contributed by atoms with Crippen LogP contribution in [0.1, 0.15) is 19.8 Å². The summed E-state index contributed by atoms with van der Waals surface area (Å²) in [5.74, 6) is 0.633. The zero-order valence-electron chi connectivity index (χ0n) is 9.94. The summed E-state index contributed by atoms with van der Waals surface area (Å²) in [5.41, 5.74) is 6.41. The Morgan fingerprint density at radius 3 is 3.06 bits per heavy atom. The van der Waals surface area contributed by atoms with Crippen molar-refractivity contribution in [2.75, 3.05) is 5.73 Å². The standard InChI is InChI=1S/C10H13N7S/c1-2-3-5-16-6-4-7(14-16)8-12-13-10-17(8)15-9(11)18-10/h4,6H,2-3,5H2,1H3,(H2,11,15). The molecule has 0 aliphatic rings. The number of hydrogen-bond acceptors (Lipinski definition) is 6. The van der Waals surface area contributed by atoms with E-state index in [1.165, 1.54) is 11.3 Å². The Labute approximate surface area is 107 Å². The topological polar surface area (TPSA) is 86.9 Å². The summed E-state index contributed by atoms with van der Waals surface area (Å²) in [7, 11) is 0. The second-order valence-corrected chi connectivity index (χ2v) is 4.96. The van der Waals surface area contributed by atoms with Crippen molar-refractivity contribution in [1.82, 2.24) is 29.6 Å². The van der Waals surface area contributed by atoms with Gasteiger partial charge in [0.15, 0.2) is 0 Å². The summed E-state index contributed by atoms with van der Waals surface area (Å²) in [5, 5.41) is 17.2. The molecule has 3 aromatic rings. The van der Waals surface area contributed by atoms with Crippen molar-refractivity contribution in [2.24, 2.45) is 0 Å². The number of aryl methyl sites for hydroxylation is 1. The Hall–Kier alpha value is -1.96. The Morgan fingerprint density at radius 2 is 2.22 bits per heavy atom. The maximum absolute atomic E-state index is 5.65. The molecular weight excluding hydrogens is 250 g/mol. The van der Waals surface area contributed by atoms with Gasteiger partial charge >= 0.3 is 0 Å². The fourth-order valence-electron chi connectivity index (χ4n) is 1.72. The minimum Gasteiger partial charge on any atom is -0.374 e. The number of hydrogen-bond donors (Lipinski definition) is 1. The highest BCUT2D eigenvalue weighted by atomic mass is 32.1. The van der Waals surface area contributed by atoms with Crippen LogP contribution in [0.3, 0.4) is 0 Å². The van der Waals surface area contributed by atoms with Gasteiger partial charge < -0.3 is 5.73 Å². The molecule has 3 heterocycles. The molecule has 0 amide bonds. The average Bonchev–Trinajstić information content (AvgIpc) is 3.01. The van der Waals surface area contributed by atoms with Crippen LogP contribution in [0.2, 0.25) is 0 Å². The van der Waals surface area contributed by atoms with Crippen molar-refractivity contribution < 1.29 is 0 Å². The predicted octanol–water partition coefficient (Wildman–Crippen LogP) is 1.43. The third kappa shape index (κ3) is 1.84. The largest absolute Gasteiger partial charge is 0.374 e. The maximum atomic E-state index is 5.65. The smallest absolute Gasteiger partial charge is 0.236 e. The van der Waals surface area contributed by atoms with Crippen molar-refractivity contribution in [3.63, 3.8) is 0 Å². The van der Waals surface area contributed by atoms with Gasteiger partial charge in [-0.05, 0) is 12.5 Å². The highest BCUT2D eigenvalue weighted by Crippen LogP contribution is 2.20. The molecule has 0 saturated carbocycles. The zero-order chi connectivity index (χ0) is 12.5. The fraction of sp³-hybridized carbons (Fsp3) is 0.400. The second-order valence-electron chi connectivity index (χ2n) is 3.98. The molecule has 2 N–H and O–H groups in total. The molecule has 7 nitrogen and oxygen atoms in total. The predicted molar refractivity (Wildman–Crippen MR) is 69.2 cm³/mol. The van der Waals surface area contributed by atoms with Crippen LogP contribution < -0.4 is 5.73 Å². The van der Waals surface area contributed by atoms with Crippen molar-refractivity contribution in [2.45, 2.75) is 26.3 Å². The number of unbranched alkanes of at least 4 members (excludes halogenated alkanes) is 1. The summed E-state index contributed by atoms with van der Waals surface area (Å²) in [6.07, 6.45) is 4.20. The first-order chi connectivity index (χ1) is 8.78. The van der Waals surface area contributed by atoms with Gasteiger partial charge in [0, 0.05) is 12.7 Å². The van der Waals surface area contributed by atoms with E-state index in [0.717, 1.165) is 25.1 Å². The van der Waals surface area contributed by atoms with Gasteiger partial charge in [-0.2, -0.15) is 9.61 Å². The first kappa shape index (κ1) is 11.1. The fourth-order valence-corrected chi connectivity index (χ4v) is 2.32. The molecule has 0 aliphatic heterocycles. The molecule has 8 heteroatoms. The molecule has 0 atom stereocenters. The number of anilines is 1. The van der Waals surface area contributed by atoms with E-state index in [-0.39, 0.29) is 0 Å². The molecular formula is C10H13N7S. The number of nitrogen functional groups attached to an aromatic ring is 1. The Morgan fingerprint density at radius 1 is 1.33 bits per heavy atom. The van der Waals surface area contributed by atoms with Crippen molar-refractivity contribution in [3.05, 3.63) is 12.3 Å². The van der Waals surface area contributed by atoms with Gasteiger partial charge in [-0.3, -0.25) is 4.68 Å². The van der Waals surface area contributed by atoms with Crippen LogP contribution in [0, 0.1) is 0 Å². The van der Waals surface area contributed by atoms with Gasteiger partial charge in [0.25, 0.3) is 0 Å². The van der Waals surface area contributed by atoms with Gasteiger partial charge in [-0.25, -0.2) is 0 Å². The molecule has 0 radical (unpaired) electrons. The van der Waals surface area contributed by atoms with Gasteiger partial charge in [-0.1, -0.05) is 24.7 Å². The average molecular weight is 263 g/mol. The molecule has 0 aliphatic carbocycles. The van der Waals surface area contributed by atoms with E-state index >= 15 is 0 Å². The van der Waals surface area contributed by atoms with E-state index in [2.05, 4.69) is 27.3 Å². The monoisotopic (exact) mass is 263 g/mol. The zero-order valence-corrected chi connectivity index (χ0v) is 10.8. The third-order valence-electron chi connectivity index (χ3n) is 2.62. The number of rotatable bonds is 4. The minimum absolute atomic E-state index is 0.478. The Balaban J connectivity index is 1.95. The SMILES string of the molecule is CCCCn1ccc(-c2nnc3sc(N)nn23)n1. The summed E-state index contributed by atoms with van der Waals surface area (Å²) in [6.45, 7) is 3.07. The minimum atomic E-state index is 0.478. The molecule has 18 heavy (non-hydrogen) atoms. The highest BCUT2D eigenvalue weighted by Gasteiger charge is 2.14. The van der Waals surface area contributed by atoms with Crippen molar-refractivity contribution in [3.8, 4) is 11.5 Å². The summed E-state index contributed by atoms with van der Waals surface area (Å²) in [6, 6.07) is 1.92. The molecule has 0 spiro atoms. The quantitative estimate of drug-likeness (QED) is 0.769. The molecule has 0 bridgehead atoms. The van der Waals surface area contributed by atoms with Gasteiger partial charge in [0.2, 0.25) is 15.9 Å². The summed E-state index contributed by atoms with van der Waals surface area (Å²) in [4.78, 5) is 0.686. The van der Waals surface area contributed by atoms with E-state index in [1.54, 1.807) is 4.52 Å². The van der Waals surface area contributed by atoms with Crippen molar-refractivity contribution >= 4 is 21.4 Å². The van der Waals surface area contributed by atoms with Gasteiger partial charge in [0.05, 0.1) is 0 Å². The number of fused-ring (bicyclic) bond motifs is 1. The van der Waals surface area contributed by atoms with E-state index in [0.29, 0.717) is 15.9 Å². The lowest BCUT2D eigenvalue weighted by Crippen LogP contribution is -1.99. The van der Waals surface area contributed by atoms with Gasteiger partial charge in [-0.15, -0.1) is 15.3 Å². The third-order valence-corrected chi connectivity index (χ3v) is 3.34. The van der Waals surface area contributed by atoms with Crippen LogP contribution in [0.5, 0.6) is 0 Å². The summed E-state index contributed by atoms with van der Waals surface area (Å²) < 4.78 is 3.54. The molecule has 3 rings (SSSR count). The molecule has 0 aromatic carbocycles. The second kappa shape index (κ2) is 4.37. The summed E-state index contributed by atoms with van der Waals surface area (Å²) >= 11 is 1.31. The Kier molecular flexibility index (Phi) is 2.71. The first-order valence-corrected chi connectivity index (χ1v) is 6.61.